The number of hydrogen-bond donors (Lipinski definition) is 3. The van der Waals surface area contributed by atoms with E-state index in [9.17, 15) is 9.90 Å². The van der Waals surface area contributed by atoms with E-state index in [-0.39, 0.29) is 23.8 Å². The Morgan fingerprint density at radius 2 is 1.94 bits per heavy atom. The predicted octanol–water partition coefficient (Wildman–Crippen LogP) is 5.76. The van der Waals surface area contributed by atoms with Crippen molar-refractivity contribution in [3.05, 3.63) is 76.8 Å². The van der Waals surface area contributed by atoms with Crippen molar-refractivity contribution in [2.45, 2.75) is 50.6 Å². The average Bonchev–Trinajstić information content (AvgIpc) is 3.26. The number of benzene rings is 2. The third-order valence-electron chi connectivity index (χ3n) is 6.91. The molecule has 1 aliphatic carbocycles. The molecule has 1 saturated carbocycles. The lowest BCUT2D eigenvalue weighted by Crippen LogP contribution is -2.48. The number of carbonyl (C=O) groups excluding carboxylic acids is 1. The summed E-state index contributed by atoms with van der Waals surface area (Å²) in [6, 6.07) is 13.5. The molecule has 178 valence electrons. The number of hydrogen-bond acceptors (Lipinski definition) is 5. The third kappa shape index (κ3) is 4.17. The van der Waals surface area contributed by atoms with Crippen molar-refractivity contribution in [1.82, 2.24) is 10.2 Å². The molecule has 2 aliphatic rings. The molecule has 3 aromatic rings. The van der Waals surface area contributed by atoms with Crippen LogP contribution in [-0.4, -0.2) is 29.1 Å². The molecule has 7 heteroatoms. The van der Waals surface area contributed by atoms with Crippen molar-refractivity contribution in [2.24, 2.45) is 0 Å². The molecule has 0 unspecified atom stereocenters. The van der Waals surface area contributed by atoms with Gasteiger partial charge in [0.2, 0.25) is 0 Å². The lowest BCUT2D eigenvalue weighted by atomic mass is 9.74. The zero-order valence-electron chi connectivity index (χ0n) is 19.2. The van der Waals surface area contributed by atoms with E-state index in [1.54, 1.807) is 11.0 Å². The van der Waals surface area contributed by atoms with Gasteiger partial charge in [0.15, 0.2) is 5.76 Å². The minimum atomic E-state index is -0.308. The molecule has 2 heterocycles. The number of fused-ring (bicyclic) bond motifs is 4. The summed E-state index contributed by atoms with van der Waals surface area (Å²) >= 11 is 6.72. The normalized spacial score (nSPS) is 16.7. The highest BCUT2D eigenvalue weighted by Crippen LogP contribution is 2.49. The Bertz CT molecular complexity index is 1210. The lowest BCUT2D eigenvalue weighted by Gasteiger charge is -2.44. The highest BCUT2D eigenvalue weighted by molar-refractivity contribution is 6.34. The number of aliphatic hydroxyl groups is 1. The lowest BCUT2D eigenvalue weighted by molar-refractivity contribution is 0.0702. The number of halogens is 1. The van der Waals surface area contributed by atoms with Gasteiger partial charge >= 0.3 is 0 Å². The molecule has 3 N–H and O–H groups in total. The Kier molecular flexibility index (Phi) is 6.28. The summed E-state index contributed by atoms with van der Waals surface area (Å²) in [5, 5.41) is 17.7. The quantitative estimate of drug-likeness (QED) is 0.419. The Morgan fingerprint density at radius 3 is 2.68 bits per heavy atom. The molecule has 1 spiro atoms. The Morgan fingerprint density at radius 1 is 1.18 bits per heavy atom. The van der Waals surface area contributed by atoms with Crippen LogP contribution in [-0.2, 0) is 12.1 Å². The van der Waals surface area contributed by atoms with Gasteiger partial charge in [-0.1, -0.05) is 67.8 Å². The predicted molar refractivity (Wildman–Crippen MR) is 135 cm³/mol. The van der Waals surface area contributed by atoms with Crippen molar-refractivity contribution in [1.29, 1.82) is 0 Å². The molecule has 1 aromatic heterocycles. The largest absolute Gasteiger partial charge is 0.450 e. The van der Waals surface area contributed by atoms with Crippen LogP contribution in [0.1, 0.15) is 60.2 Å². The molecule has 0 atom stereocenters. The summed E-state index contributed by atoms with van der Waals surface area (Å²) in [4.78, 5) is 15.3. The summed E-state index contributed by atoms with van der Waals surface area (Å²) in [5.41, 5.74) is 3.22. The van der Waals surface area contributed by atoms with Gasteiger partial charge in [-0.25, -0.2) is 0 Å². The number of nitrogens with zero attached hydrogens (tertiary/aromatic N) is 1. The van der Waals surface area contributed by atoms with E-state index in [0.717, 1.165) is 53.7 Å². The van der Waals surface area contributed by atoms with Gasteiger partial charge < -0.3 is 25.1 Å². The second-order valence-electron chi connectivity index (χ2n) is 9.30. The first-order valence-corrected chi connectivity index (χ1v) is 12.3. The SMILES string of the molecule is C=C1Nc2c(Cl)cc3cc(C(=O)N(CCCO)Cc4ccccc4)oc3c2C2(CCCCC2)N1. The first-order valence-electron chi connectivity index (χ1n) is 12.0. The minimum absolute atomic E-state index is 0.0194. The van der Waals surface area contributed by atoms with E-state index in [2.05, 4.69) is 17.2 Å². The molecule has 34 heavy (non-hydrogen) atoms. The van der Waals surface area contributed by atoms with Gasteiger partial charge in [-0.3, -0.25) is 4.79 Å². The van der Waals surface area contributed by atoms with Crippen LogP contribution in [0.2, 0.25) is 5.02 Å². The van der Waals surface area contributed by atoms with E-state index < -0.39 is 0 Å². The zero-order chi connectivity index (χ0) is 23.7. The van der Waals surface area contributed by atoms with E-state index in [4.69, 9.17) is 16.0 Å². The minimum Gasteiger partial charge on any atom is -0.450 e. The van der Waals surface area contributed by atoms with Crippen LogP contribution >= 0.6 is 11.6 Å². The van der Waals surface area contributed by atoms with Gasteiger partial charge in [-0.2, -0.15) is 0 Å². The summed E-state index contributed by atoms with van der Waals surface area (Å²) in [5.74, 6) is 0.817. The number of nitrogens with one attached hydrogen (secondary N) is 2. The highest BCUT2D eigenvalue weighted by Gasteiger charge is 2.42. The van der Waals surface area contributed by atoms with Crippen molar-refractivity contribution in [3.63, 3.8) is 0 Å². The monoisotopic (exact) mass is 479 g/mol. The van der Waals surface area contributed by atoms with E-state index in [1.807, 2.05) is 36.4 Å². The summed E-state index contributed by atoms with van der Waals surface area (Å²) in [7, 11) is 0. The van der Waals surface area contributed by atoms with Crippen LogP contribution in [0.25, 0.3) is 11.0 Å². The molecule has 2 aromatic carbocycles. The maximum atomic E-state index is 13.6. The molecule has 6 nitrogen and oxygen atoms in total. The zero-order valence-corrected chi connectivity index (χ0v) is 20.0. The van der Waals surface area contributed by atoms with Gasteiger partial charge in [-0.05, 0) is 37.0 Å². The molecule has 0 saturated heterocycles. The summed E-state index contributed by atoms with van der Waals surface area (Å²) < 4.78 is 6.32. The van der Waals surface area contributed by atoms with Crippen molar-refractivity contribution >= 4 is 34.2 Å². The van der Waals surface area contributed by atoms with Crippen LogP contribution in [0.3, 0.4) is 0 Å². The molecular formula is C27H30ClN3O3. The smallest absolute Gasteiger partial charge is 0.289 e. The van der Waals surface area contributed by atoms with Gasteiger partial charge in [0.25, 0.3) is 5.91 Å². The maximum Gasteiger partial charge on any atom is 0.289 e. The van der Waals surface area contributed by atoms with Crippen LogP contribution in [0.4, 0.5) is 5.69 Å². The van der Waals surface area contributed by atoms with E-state index in [0.29, 0.717) is 30.1 Å². The first kappa shape index (κ1) is 22.8. The molecule has 0 radical (unpaired) electrons. The summed E-state index contributed by atoms with van der Waals surface area (Å²) in [6.45, 7) is 5.02. The number of anilines is 1. The maximum absolute atomic E-state index is 13.6. The van der Waals surface area contributed by atoms with Gasteiger partial charge in [0, 0.05) is 30.6 Å². The Hall–Kier alpha value is -2.96. The molecule has 1 fully saturated rings. The van der Waals surface area contributed by atoms with Crippen molar-refractivity contribution < 1.29 is 14.3 Å². The molecular weight excluding hydrogens is 450 g/mol. The average molecular weight is 480 g/mol. The third-order valence-corrected chi connectivity index (χ3v) is 7.21. The van der Waals surface area contributed by atoms with Crippen LogP contribution < -0.4 is 10.6 Å². The topological polar surface area (TPSA) is 77.7 Å². The number of furan rings is 1. The van der Waals surface area contributed by atoms with Crippen LogP contribution in [0.15, 0.2) is 59.3 Å². The van der Waals surface area contributed by atoms with Crippen LogP contribution in [0.5, 0.6) is 0 Å². The highest BCUT2D eigenvalue weighted by atomic mass is 35.5. The molecule has 5 rings (SSSR count). The van der Waals surface area contributed by atoms with Crippen molar-refractivity contribution in [3.8, 4) is 0 Å². The van der Waals surface area contributed by atoms with E-state index >= 15 is 0 Å². The van der Waals surface area contributed by atoms with Gasteiger partial charge in [0.1, 0.15) is 5.58 Å². The number of carbonyl (C=O) groups is 1. The van der Waals surface area contributed by atoms with E-state index in [1.165, 1.54) is 6.42 Å². The van der Waals surface area contributed by atoms with Gasteiger partial charge in [-0.15, -0.1) is 0 Å². The number of rotatable bonds is 6. The Labute approximate surface area is 204 Å². The summed E-state index contributed by atoms with van der Waals surface area (Å²) in [6.07, 6.45) is 5.81. The van der Waals surface area contributed by atoms with Crippen LogP contribution in [0, 0.1) is 0 Å². The fraction of sp³-hybridized carbons (Fsp3) is 0.370. The Balaban J connectivity index is 1.56. The first-order chi connectivity index (χ1) is 16.5. The second kappa shape index (κ2) is 9.35. The van der Waals surface area contributed by atoms with Gasteiger partial charge in [0.05, 0.1) is 22.1 Å². The standard InChI is InChI=1S/C27H30ClN3O3/c1-18-29-24-21(28)15-20-16-22(34-25(20)23(24)27(30-18)11-6-3-7-12-27)26(33)31(13-8-14-32)17-19-9-4-2-5-10-19/h2,4-5,9-10,15-16,29-30,32H,1,3,6-8,11-14,17H2. The fourth-order valence-corrected chi connectivity index (χ4v) is 5.63. The molecule has 1 amide bonds. The fourth-order valence-electron chi connectivity index (χ4n) is 5.37. The van der Waals surface area contributed by atoms with Crippen molar-refractivity contribution in [2.75, 3.05) is 18.5 Å². The number of aliphatic hydroxyl groups excluding tert-OH is 1. The molecule has 1 aliphatic heterocycles. The second-order valence-corrected chi connectivity index (χ2v) is 9.71. The number of amides is 1. The molecule has 0 bridgehead atoms.